The molecule has 2 N–H and O–H groups in total. The minimum absolute atomic E-state index is 0.180. The number of nitrogens with one attached hydrogen (secondary N) is 2. The molecule has 158 valence electrons. The molecule has 8 heteroatoms. The summed E-state index contributed by atoms with van der Waals surface area (Å²) in [5.74, 6) is -0.422. The number of hydrogen-bond donors (Lipinski definition) is 2. The van der Waals surface area contributed by atoms with Crippen LogP contribution in [0.2, 0.25) is 0 Å². The van der Waals surface area contributed by atoms with Crippen LogP contribution in [0.1, 0.15) is 42.3 Å². The number of cyclic esters (lactones) is 1. The van der Waals surface area contributed by atoms with Crippen LogP contribution in [0.3, 0.4) is 0 Å². The van der Waals surface area contributed by atoms with Crippen molar-refractivity contribution in [3.63, 3.8) is 0 Å². The van der Waals surface area contributed by atoms with Gasteiger partial charge in [0.15, 0.2) is 0 Å². The summed E-state index contributed by atoms with van der Waals surface area (Å²) in [6.07, 6.45) is 0.595. The van der Waals surface area contributed by atoms with Gasteiger partial charge in [-0.2, -0.15) is 0 Å². The van der Waals surface area contributed by atoms with Crippen LogP contribution >= 0.6 is 0 Å². The van der Waals surface area contributed by atoms with Gasteiger partial charge in [-0.15, -0.1) is 0 Å². The fraction of sp³-hybridized carbons (Fsp3) is 0.429. The van der Waals surface area contributed by atoms with Gasteiger partial charge >= 0.3 is 6.09 Å². The highest BCUT2D eigenvalue weighted by atomic mass is 16.6. The summed E-state index contributed by atoms with van der Waals surface area (Å²) in [6, 6.07) is 3.53. The number of aliphatic imine (C=N–C) groups is 1. The van der Waals surface area contributed by atoms with Gasteiger partial charge in [-0.1, -0.05) is 13.8 Å². The highest BCUT2D eigenvalue weighted by Crippen LogP contribution is 2.28. The zero-order valence-corrected chi connectivity index (χ0v) is 18.0. The molecule has 1 atom stereocenters. The predicted molar refractivity (Wildman–Crippen MR) is 115 cm³/mol. The molecule has 2 rings (SSSR count). The number of ketones is 1. The van der Waals surface area contributed by atoms with E-state index >= 15 is 0 Å². The predicted octanol–water partition coefficient (Wildman–Crippen LogP) is 2.74. The summed E-state index contributed by atoms with van der Waals surface area (Å²) in [5.41, 5.74) is 2.82. The number of nitrogens with zero attached hydrogens (tertiary/aromatic N) is 2. The van der Waals surface area contributed by atoms with E-state index in [2.05, 4.69) is 22.3 Å². The first kappa shape index (κ1) is 23.9. The molecule has 1 fully saturated rings. The summed E-state index contributed by atoms with van der Waals surface area (Å²) in [6.45, 7) is 13.0. The molecule has 0 spiro atoms. The topological polar surface area (TPSA) is 100 Å². The Morgan fingerprint density at radius 1 is 1.31 bits per heavy atom. The molecule has 0 bridgehead atoms. The van der Waals surface area contributed by atoms with Crippen LogP contribution in [0, 0.1) is 13.8 Å². The number of hydrogen-bond acceptors (Lipinski definition) is 6. The monoisotopic (exact) mass is 402 g/mol. The van der Waals surface area contributed by atoms with Gasteiger partial charge in [0.2, 0.25) is 11.7 Å². The molecule has 1 unspecified atom stereocenters. The first-order valence-corrected chi connectivity index (χ1v) is 9.51. The van der Waals surface area contributed by atoms with Crippen LogP contribution in [0.25, 0.3) is 0 Å². The zero-order valence-electron chi connectivity index (χ0n) is 18.0. The Morgan fingerprint density at radius 2 is 1.90 bits per heavy atom. The number of carbonyl (C=O) groups is 3. The highest BCUT2D eigenvalue weighted by molar-refractivity contribution is 6.11. The van der Waals surface area contributed by atoms with Crippen molar-refractivity contribution in [2.24, 2.45) is 4.99 Å². The Labute approximate surface area is 172 Å². The van der Waals surface area contributed by atoms with Gasteiger partial charge in [-0.25, -0.2) is 4.79 Å². The smallest absolute Gasteiger partial charge is 0.414 e. The molecule has 1 aromatic carbocycles. The number of Topliss-reactive ketones (excluding diaryl/α,β-unsaturated/α-hetero) is 1. The molecule has 29 heavy (non-hydrogen) atoms. The standard InChI is InChI=1S/C19H24N4O4.C2H6/c1-11-6-14(23-10-15(27-19(23)26)8-22-13(3)24)7-12(2)17(11)18(25)16(21-5)9-20-4;1-2/h6-7,9,15,20H,5,8,10H2,1-4H3,(H,22,24);1-2H3/b16-9-;. The number of benzene rings is 1. The minimum Gasteiger partial charge on any atom is -0.442 e. The van der Waals surface area contributed by atoms with E-state index < -0.39 is 12.2 Å². The van der Waals surface area contributed by atoms with E-state index in [0.29, 0.717) is 17.8 Å². The maximum atomic E-state index is 12.7. The highest BCUT2D eigenvalue weighted by Gasteiger charge is 2.33. The van der Waals surface area contributed by atoms with Crippen LogP contribution in [0.5, 0.6) is 0 Å². The van der Waals surface area contributed by atoms with Crippen molar-refractivity contribution in [1.29, 1.82) is 0 Å². The van der Waals surface area contributed by atoms with Crippen LogP contribution in [0.4, 0.5) is 10.5 Å². The molecule has 1 aliphatic heterocycles. The molecule has 1 aromatic rings. The van der Waals surface area contributed by atoms with Crippen molar-refractivity contribution in [2.45, 2.75) is 40.7 Å². The molecule has 0 aromatic heterocycles. The fourth-order valence-electron chi connectivity index (χ4n) is 3.00. The molecule has 0 saturated carbocycles. The second-order valence-electron chi connectivity index (χ2n) is 6.31. The molecule has 8 nitrogen and oxygen atoms in total. The Morgan fingerprint density at radius 3 is 2.38 bits per heavy atom. The number of anilines is 1. The van der Waals surface area contributed by atoms with Gasteiger partial charge in [0.05, 0.1) is 13.1 Å². The molecular formula is C21H30N4O4. The lowest BCUT2D eigenvalue weighted by molar-refractivity contribution is -0.119. The van der Waals surface area contributed by atoms with Gasteiger partial charge in [0.1, 0.15) is 11.8 Å². The van der Waals surface area contributed by atoms with E-state index in [1.807, 2.05) is 13.8 Å². The largest absolute Gasteiger partial charge is 0.442 e. The summed E-state index contributed by atoms with van der Waals surface area (Å²) >= 11 is 0. The fourth-order valence-corrected chi connectivity index (χ4v) is 3.00. The van der Waals surface area contributed by atoms with Gasteiger partial charge in [0.25, 0.3) is 0 Å². The molecule has 1 aliphatic rings. The number of rotatable bonds is 7. The second-order valence-corrected chi connectivity index (χ2v) is 6.31. The van der Waals surface area contributed by atoms with E-state index in [1.165, 1.54) is 18.0 Å². The zero-order chi connectivity index (χ0) is 22.1. The Hall–Kier alpha value is -3.16. The lowest BCUT2D eigenvalue weighted by atomic mass is 9.96. The van der Waals surface area contributed by atoms with Crippen LogP contribution < -0.4 is 15.5 Å². The average molecular weight is 402 g/mol. The van der Waals surface area contributed by atoms with Crippen molar-refractivity contribution in [3.05, 3.63) is 40.7 Å². The van der Waals surface area contributed by atoms with E-state index in [0.717, 1.165) is 11.1 Å². The first-order chi connectivity index (χ1) is 13.8. The molecular weight excluding hydrogens is 372 g/mol. The third kappa shape index (κ3) is 5.91. The van der Waals surface area contributed by atoms with Crippen LogP contribution in [0.15, 0.2) is 29.0 Å². The summed E-state index contributed by atoms with van der Waals surface area (Å²) in [7, 11) is 1.68. The van der Waals surface area contributed by atoms with Crippen molar-refractivity contribution in [1.82, 2.24) is 10.6 Å². The van der Waals surface area contributed by atoms with Crippen molar-refractivity contribution in [3.8, 4) is 0 Å². The second kappa shape index (κ2) is 11.0. The van der Waals surface area contributed by atoms with E-state index in [-0.39, 0.29) is 23.9 Å². The number of carbonyl (C=O) groups excluding carboxylic acids is 3. The first-order valence-electron chi connectivity index (χ1n) is 9.51. The Balaban J connectivity index is 0.00000204. The molecule has 2 amide bonds. The van der Waals surface area contributed by atoms with Gasteiger partial charge in [-0.3, -0.25) is 19.5 Å². The van der Waals surface area contributed by atoms with Gasteiger partial charge < -0.3 is 15.4 Å². The average Bonchev–Trinajstić information content (AvgIpc) is 3.06. The summed E-state index contributed by atoms with van der Waals surface area (Å²) < 4.78 is 5.29. The van der Waals surface area contributed by atoms with E-state index in [9.17, 15) is 14.4 Å². The number of allylic oxidation sites excluding steroid dienone is 1. The molecule has 0 radical (unpaired) electrons. The lowest BCUT2D eigenvalue weighted by Crippen LogP contribution is -2.33. The van der Waals surface area contributed by atoms with Crippen LogP contribution in [-0.4, -0.2) is 50.7 Å². The van der Waals surface area contributed by atoms with Crippen molar-refractivity contribution >= 4 is 30.2 Å². The third-order valence-electron chi connectivity index (χ3n) is 4.19. The Bertz CT molecular complexity index is 794. The van der Waals surface area contributed by atoms with Gasteiger partial charge in [0, 0.05) is 31.4 Å². The SMILES string of the molecule is C=N/C(=C\NC)C(=O)c1c(C)cc(N2CC(CNC(C)=O)OC2=O)cc1C.CC. The number of aryl methyl sites for hydroxylation is 2. The molecule has 1 saturated heterocycles. The quantitative estimate of drug-likeness (QED) is 0.415. The summed E-state index contributed by atoms with van der Waals surface area (Å²) in [4.78, 5) is 41.2. The maximum Gasteiger partial charge on any atom is 0.414 e. The molecule has 0 aliphatic carbocycles. The maximum absolute atomic E-state index is 12.7. The number of ether oxygens (including phenoxy) is 1. The van der Waals surface area contributed by atoms with Crippen LogP contribution in [-0.2, 0) is 9.53 Å². The van der Waals surface area contributed by atoms with E-state index in [1.54, 1.807) is 33.0 Å². The number of amides is 2. The Kier molecular flexibility index (Phi) is 9.05. The van der Waals surface area contributed by atoms with Crippen molar-refractivity contribution < 1.29 is 19.1 Å². The lowest BCUT2D eigenvalue weighted by Gasteiger charge is -2.17. The third-order valence-corrected chi connectivity index (χ3v) is 4.19. The minimum atomic E-state index is -0.480. The summed E-state index contributed by atoms with van der Waals surface area (Å²) in [5, 5.41) is 5.42. The van der Waals surface area contributed by atoms with Crippen molar-refractivity contribution in [2.75, 3.05) is 25.0 Å². The van der Waals surface area contributed by atoms with E-state index in [4.69, 9.17) is 4.74 Å². The van der Waals surface area contributed by atoms with Gasteiger partial charge in [-0.05, 0) is 43.8 Å². The molecule has 1 heterocycles. The normalized spacial score (nSPS) is 15.8.